The minimum Gasteiger partial charge on any atom is -0.366 e. The van der Waals surface area contributed by atoms with E-state index in [0.717, 1.165) is 5.56 Å². The SMILES string of the molecule is NC(=O)c1cccc(CCNC(=O)c2ccccc2C(=O)c2ccc(Cl)cc2)c1. The van der Waals surface area contributed by atoms with Crippen LogP contribution in [0.3, 0.4) is 0 Å². The van der Waals surface area contributed by atoms with Crippen molar-refractivity contribution in [3.8, 4) is 0 Å². The lowest BCUT2D eigenvalue weighted by atomic mass is 9.98. The number of nitrogens with one attached hydrogen (secondary N) is 1. The molecule has 6 heteroatoms. The van der Waals surface area contributed by atoms with Gasteiger partial charge in [0.05, 0.1) is 5.56 Å². The molecule has 3 rings (SSSR count). The first kappa shape index (κ1) is 20.3. The van der Waals surface area contributed by atoms with Gasteiger partial charge in [-0.2, -0.15) is 0 Å². The first-order chi connectivity index (χ1) is 14.0. The number of rotatable bonds is 7. The van der Waals surface area contributed by atoms with Crippen LogP contribution < -0.4 is 11.1 Å². The predicted molar refractivity (Wildman–Crippen MR) is 112 cm³/mol. The Morgan fingerprint density at radius 1 is 0.828 bits per heavy atom. The molecule has 0 aliphatic rings. The zero-order valence-electron chi connectivity index (χ0n) is 15.5. The third kappa shape index (κ3) is 5.09. The van der Waals surface area contributed by atoms with Crippen molar-refractivity contribution in [2.75, 3.05) is 6.54 Å². The van der Waals surface area contributed by atoms with Gasteiger partial charge in [-0.3, -0.25) is 14.4 Å². The van der Waals surface area contributed by atoms with E-state index in [1.54, 1.807) is 66.7 Å². The Hall–Kier alpha value is -3.44. The fourth-order valence-corrected chi connectivity index (χ4v) is 3.06. The van der Waals surface area contributed by atoms with E-state index in [1.165, 1.54) is 0 Å². The van der Waals surface area contributed by atoms with Gasteiger partial charge in [-0.25, -0.2) is 0 Å². The van der Waals surface area contributed by atoms with Crippen LogP contribution in [0.15, 0.2) is 72.8 Å². The van der Waals surface area contributed by atoms with Crippen LogP contribution in [0.2, 0.25) is 5.02 Å². The summed E-state index contributed by atoms with van der Waals surface area (Å²) in [6.45, 7) is 0.352. The molecule has 0 aliphatic heterocycles. The second-order valence-electron chi connectivity index (χ2n) is 6.45. The summed E-state index contributed by atoms with van der Waals surface area (Å²) in [7, 11) is 0. The summed E-state index contributed by atoms with van der Waals surface area (Å²) in [6.07, 6.45) is 0.528. The lowest BCUT2D eigenvalue weighted by molar-refractivity contribution is 0.0942. The molecule has 3 aromatic rings. The second kappa shape index (κ2) is 9.17. The van der Waals surface area contributed by atoms with E-state index in [4.69, 9.17) is 17.3 Å². The number of benzene rings is 3. The highest BCUT2D eigenvalue weighted by molar-refractivity contribution is 6.30. The molecule has 5 nitrogen and oxygen atoms in total. The lowest BCUT2D eigenvalue weighted by Crippen LogP contribution is -2.27. The molecule has 3 aromatic carbocycles. The first-order valence-electron chi connectivity index (χ1n) is 9.02. The van der Waals surface area contributed by atoms with E-state index in [-0.39, 0.29) is 11.7 Å². The van der Waals surface area contributed by atoms with E-state index >= 15 is 0 Å². The maximum Gasteiger partial charge on any atom is 0.252 e. The fraction of sp³-hybridized carbons (Fsp3) is 0.0870. The van der Waals surface area contributed by atoms with Crippen LogP contribution >= 0.6 is 11.6 Å². The summed E-state index contributed by atoms with van der Waals surface area (Å²) >= 11 is 5.88. The Bertz CT molecular complexity index is 1060. The summed E-state index contributed by atoms with van der Waals surface area (Å²) in [5.74, 6) is -1.08. The Morgan fingerprint density at radius 3 is 2.21 bits per heavy atom. The smallest absolute Gasteiger partial charge is 0.252 e. The third-order valence-corrected chi connectivity index (χ3v) is 4.69. The highest BCUT2D eigenvalue weighted by Crippen LogP contribution is 2.17. The molecular weight excluding hydrogens is 388 g/mol. The Labute approximate surface area is 173 Å². The molecule has 0 heterocycles. The fourth-order valence-electron chi connectivity index (χ4n) is 2.93. The normalized spacial score (nSPS) is 10.4. The molecule has 0 unspecified atom stereocenters. The van der Waals surface area contributed by atoms with Crippen LogP contribution in [0.5, 0.6) is 0 Å². The molecule has 0 bridgehead atoms. The minimum absolute atomic E-state index is 0.249. The van der Waals surface area contributed by atoms with Gasteiger partial charge in [0, 0.05) is 28.3 Å². The minimum atomic E-state index is -0.495. The molecular formula is C23H19ClN2O3. The number of hydrogen-bond acceptors (Lipinski definition) is 3. The molecule has 0 saturated carbocycles. The standard InChI is InChI=1S/C23H19ClN2O3/c24-18-10-8-16(9-11-18)21(27)19-6-1-2-7-20(19)23(29)26-13-12-15-4-3-5-17(14-15)22(25)28/h1-11,14H,12-13H2,(H2,25,28)(H,26,29). The van der Waals surface area contributed by atoms with Crippen molar-refractivity contribution < 1.29 is 14.4 Å². The Kier molecular flexibility index (Phi) is 6.42. The largest absolute Gasteiger partial charge is 0.366 e. The van der Waals surface area contributed by atoms with Gasteiger partial charge in [0.15, 0.2) is 5.78 Å². The topological polar surface area (TPSA) is 89.3 Å². The molecule has 0 aromatic heterocycles. The maximum absolute atomic E-state index is 12.8. The van der Waals surface area contributed by atoms with Crippen LogP contribution in [0.1, 0.15) is 42.2 Å². The molecule has 0 aliphatic carbocycles. The van der Waals surface area contributed by atoms with Crippen molar-refractivity contribution in [3.05, 3.63) is 106 Å². The highest BCUT2D eigenvalue weighted by Gasteiger charge is 2.17. The van der Waals surface area contributed by atoms with Gasteiger partial charge in [-0.1, -0.05) is 41.9 Å². The average Bonchev–Trinajstić information content (AvgIpc) is 2.74. The highest BCUT2D eigenvalue weighted by atomic mass is 35.5. The van der Waals surface area contributed by atoms with Crippen molar-refractivity contribution in [1.82, 2.24) is 5.32 Å². The van der Waals surface area contributed by atoms with Gasteiger partial charge in [0.2, 0.25) is 5.91 Å². The van der Waals surface area contributed by atoms with Crippen molar-refractivity contribution >= 4 is 29.2 Å². The van der Waals surface area contributed by atoms with E-state index in [1.807, 2.05) is 6.07 Å². The second-order valence-corrected chi connectivity index (χ2v) is 6.89. The van der Waals surface area contributed by atoms with Crippen LogP contribution in [0, 0.1) is 0 Å². The Morgan fingerprint density at radius 2 is 1.52 bits per heavy atom. The molecule has 2 amide bonds. The summed E-state index contributed by atoms with van der Waals surface area (Å²) in [6, 6.07) is 20.2. The van der Waals surface area contributed by atoms with Crippen LogP contribution in [-0.2, 0) is 6.42 Å². The van der Waals surface area contributed by atoms with Crippen molar-refractivity contribution in [2.45, 2.75) is 6.42 Å². The summed E-state index contributed by atoms with van der Waals surface area (Å²) in [5.41, 5.74) is 7.68. The lowest BCUT2D eigenvalue weighted by Gasteiger charge is -2.10. The van der Waals surface area contributed by atoms with Crippen LogP contribution in [0.4, 0.5) is 0 Å². The van der Waals surface area contributed by atoms with Crippen LogP contribution in [0.25, 0.3) is 0 Å². The molecule has 0 saturated heterocycles. The monoisotopic (exact) mass is 406 g/mol. The average molecular weight is 407 g/mol. The zero-order chi connectivity index (χ0) is 20.8. The van der Waals surface area contributed by atoms with E-state index in [0.29, 0.717) is 40.2 Å². The maximum atomic E-state index is 12.8. The summed E-state index contributed by atoms with van der Waals surface area (Å²) in [5, 5.41) is 3.36. The number of ketones is 1. The number of primary amides is 1. The van der Waals surface area contributed by atoms with Crippen molar-refractivity contribution in [3.63, 3.8) is 0 Å². The summed E-state index contributed by atoms with van der Waals surface area (Å²) in [4.78, 5) is 36.7. The number of amides is 2. The predicted octanol–water partition coefficient (Wildman–Crippen LogP) is 3.64. The summed E-state index contributed by atoms with van der Waals surface area (Å²) < 4.78 is 0. The number of carbonyl (C=O) groups is 3. The molecule has 0 fully saturated rings. The number of halogens is 1. The molecule has 0 radical (unpaired) electrons. The van der Waals surface area contributed by atoms with E-state index in [9.17, 15) is 14.4 Å². The van der Waals surface area contributed by atoms with Crippen molar-refractivity contribution in [2.24, 2.45) is 5.73 Å². The Balaban J connectivity index is 1.70. The number of carbonyl (C=O) groups excluding carboxylic acids is 3. The molecule has 146 valence electrons. The quantitative estimate of drug-likeness (QED) is 0.587. The van der Waals surface area contributed by atoms with Gasteiger partial charge in [-0.05, 0) is 54.4 Å². The van der Waals surface area contributed by atoms with Gasteiger partial charge < -0.3 is 11.1 Å². The van der Waals surface area contributed by atoms with Gasteiger partial charge in [0.1, 0.15) is 0 Å². The number of hydrogen-bond donors (Lipinski definition) is 2. The van der Waals surface area contributed by atoms with Crippen LogP contribution in [-0.4, -0.2) is 24.1 Å². The van der Waals surface area contributed by atoms with Gasteiger partial charge in [0.25, 0.3) is 5.91 Å². The van der Waals surface area contributed by atoms with E-state index < -0.39 is 5.91 Å². The van der Waals surface area contributed by atoms with Gasteiger partial charge in [-0.15, -0.1) is 0 Å². The number of nitrogens with two attached hydrogens (primary N) is 1. The van der Waals surface area contributed by atoms with Gasteiger partial charge >= 0.3 is 0 Å². The molecule has 0 spiro atoms. The van der Waals surface area contributed by atoms with E-state index in [2.05, 4.69) is 5.32 Å². The molecule has 29 heavy (non-hydrogen) atoms. The zero-order valence-corrected chi connectivity index (χ0v) is 16.3. The van der Waals surface area contributed by atoms with Crippen molar-refractivity contribution in [1.29, 1.82) is 0 Å². The molecule has 0 atom stereocenters. The first-order valence-corrected chi connectivity index (χ1v) is 9.40. The molecule has 3 N–H and O–H groups in total. The third-order valence-electron chi connectivity index (χ3n) is 4.43.